The van der Waals surface area contributed by atoms with Crippen LogP contribution in [0, 0.1) is 0 Å². The van der Waals surface area contributed by atoms with Crippen molar-refractivity contribution in [3.63, 3.8) is 0 Å². The molecular weight excluding hydrogens is 426 g/mol. The highest BCUT2D eigenvalue weighted by Gasteiger charge is 2.16. The van der Waals surface area contributed by atoms with E-state index < -0.39 is 0 Å². The van der Waals surface area contributed by atoms with Crippen LogP contribution in [-0.4, -0.2) is 45.4 Å². The second kappa shape index (κ2) is 9.23. The number of pyridine rings is 1. The fourth-order valence-electron chi connectivity index (χ4n) is 2.44. The first-order valence-corrected chi connectivity index (χ1v) is 9.33. The fourth-order valence-corrected chi connectivity index (χ4v) is 2.82. The molecule has 0 spiro atoms. The molecule has 1 aromatic carbocycles. The van der Waals surface area contributed by atoms with Crippen LogP contribution in [0.15, 0.2) is 57.8 Å². The molecule has 2 aromatic heterocycles. The molecule has 0 aliphatic rings. The molecule has 3 aromatic rings. The molecule has 2 heterocycles. The van der Waals surface area contributed by atoms with Crippen LogP contribution in [-0.2, 0) is 16.0 Å². The quantitative estimate of drug-likeness (QED) is 0.602. The van der Waals surface area contributed by atoms with Gasteiger partial charge in [0, 0.05) is 42.3 Å². The van der Waals surface area contributed by atoms with Crippen LogP contribution in [0.5, 0.6) is 0 Å². The summed E-state index contributed by atoms with van der Waals surface area (Å²) in [6.07, 6.45) is 3.75. The summed E-state index contributed by atoms with van der Waals surface area (Å²) in [5, 5.41) is 6.67. The number of hydrogen-bond acceptors (Lipinski definition) is 6. The van der Waals surface area contributed by atoms with Crippen molar-refractivity contribution in [3.05, 3.63) is 59.2 Å². The number of aromatic nitrogens is 3. The van der Waals surface area contributed by atoms with Crippen LogP contribution in [0.1, 0.15) is 12.3 Å². The Morgan fingerprint density at radius 1 is 1.18 bits per heavy atom. The molecule has 0 aliphatic carbocycles. The average molecular weight is 444 g/mol. The van der Waals surface area contributed by atoms with Crippen LogP contribution < -0.4 is 5.32 Å². The lowest BCUT2D eigenvalue weighted by atomic mass is 10.2. The summed E-state index contributed by atoms with van der Waals surface area (Å²) in [4.78, 5) is 34.0. The lowest BCUT2D eigenvalue weighted by Gasteiger charge is -2.16. The summed E-state index contributed by atoms with van der Waals surface area (Å²) in [5.41, 5.74) is 1.44. The second-order valence-corrected chi connectivity index (χ2v) is 6.88. The Hall–Kier alpha value is -3.07. The first-order chi connectivity index (χ1) is 13.5. The van der Waals surface area contributed by atoms with E-state index in [1.54, 1.807) is 37.6 Å². The smallest absolute Gasteiger partial charge is 0.244 e. The molecule has 2 amide bonds. The summed E-state index contributed by atoms with van der Waals surface area (Å²) in [5.74, 6) is 0.351. The van der Waals surface area contributed by atoms with Gasteiger partial charge in [-0.15, -0.1) is 0 Å². The van der Waals surface area contributed by atoms with Crippen LogP contribution >= 0.6 is 15.9 Å². The van der Waals surface area contributed by atoms with E-state index in [-0.39, 0.29) is 24.8 Å². The number of hydrogen-bond donors (Lipinski definition) is 1. The Morgan fingerprint density at radius 2 is 1.93 bits per heavy atom. The van der Waals surface area contributed by atoms with Gasteiger partial charge >= 0.3 is 0 Å². The number of carbonyl (C=O) groups excluding carboxylic acids is 2. The topological polar surface area (TPSA) is 101 Å². The second-order valence-electron chi connectivity index (χ2n) is 6.03. The highest BCUT2D eigenvalue weighted by Crippen LogP contribution is 2.21. The first-order valence-electron chi connectivity index (χ1n) is 8.54. The number of para-hydroxylation sites is 1. The number of nitrogens with zero attached hydrogens (tertiary/aromatic N) is 4. The highest BCUT2D eigenvalue weighted by molar-refractivity contribution is 9.10. The summed E-state index contributed by atoms with van der Waals surface area (Å²) in [7, 11) is 1.58. The third-order valence-corrected chi connectivity index (χ3v) is 4.61. The van der Waals surface area contributed by atoms with E-state index in [1.807, 2.05) is 18.2 Å². The molecule has 28 heavy (non-hydrogen) atoms. The molecule has 0 saturated heterocycles. The molecule has 3 rings (SSSR count). The van der Waals surface area contributed by atoms with Crippen molar-refractivity contribution in [2.24, 2.45) is 0 Å². The molecule has 144 valence electrons. The molecule has 1 N–H and O–H groups in total. The number of amides is 2. The molecular formula is C19H18BrN5O3. The van der Waals surface area contributed by atoms with Crippen LogP contribution in [0.25, 0.3) is 11.4 Å². The number of anilines is 1. The lowest BCUT2D eigenvalue weighted by Crippen LogP contribution is -2.35. The van der Waals surface area contributed by atoms with Gasteiger partial charge in [0.2, 0.25) is 23.5 Å². The molecule has 0 bridgehead atoms. The third kappa shape index (κ3) is 5.23. The molecule has 0 atom stereocenters. The SMILES string of the molecule is CN(CC(=O)Nc1ccccc1Br)C(=O)CCc1nc(-c2ccncc2)no1. The van der Waals surface area contributed by atoms with Gasteiger partial charge in [-0.25, -0.2) is 0 Å². The molecule has 0 radical (unpaired) electrons. The molecule has 0 aliphatic heterocycles. The van der Waals surface area contributed by atoms with E-state index >= 15 is 0 Å². The maximum absolute atomic E-state index is 12.3. The molecule has 8 nitrogen and oxygen atoms in total. The predicted molar refractivity (Wildman–Crippen MR) is 106 cm³/mol. The largest absolute Gasteiger partial charge is 0.339 e. The normalized spacial score (nSPS) is 10.5. The van der Waals surface area contributed by atoms with E-state index in [1.165, 1.54) is 4.90 Å². The van der Waals surface area contributed by atoms with Crippen molar-refractivity contribution in [3.8, 4) is 11.4 Å². The van der Waals surface area contributed by atoms with Crippen LogP contribution in [0.3, 0.4) is 0 Å². The predicted octanol–water partition coefficient (Wildman–Crippen LogP) is 2.92. The van der Waals surface area contributed by atoms with Crippen molar-refractivity contribution in [1.29, 1.82) is 0 Å². The zero-order valence-corrected chi connectivity index (χ0v) is 16.7. The Kier molecular flexibility index (Phi) is 6.49. The number of likely N-dealkylation sites (N-methyl/N-ethyl adjacent to an activating group) is 1. The summed E-state index contributed by atoms with van der Waals surface area (Å²) < 4.78 is 5.96. The Balaban J connectivity index is 1.49. The van der Waals surface area contributed by atoms with Gasteiger partial charge in [-0.2, -0.15) is 4.98 Å². The monoisotopic (exact) mass is 443 g/mol. The average Bonchev–Trinajstić information content (AvgIpc) is 3.17. The van der Waals surface area contributed by atoms with Crippen LogP contribution in [0.4, 0.5) is 5.69 Å². The minimum Gasteiger partial charge on any atom is -0.339 e. The van der Waals surface area contributed by atoms with Gasteiger partial charge in [0.15, 0.2) is 0 Å². The minimum absolute atomic E-state index is 0.0493. The number of carbonyl (C=O) groups is 2. The Labute approximate surface area is 170 Å². The lowest BCUT2D eigenvalue weighted by molar-refractivity contribution is -0.133. The van der Waals surface area contributed by atoms with Gasteiger partial charge in [0.05, 0.1) is 12.2 Å². The van der Waals surface area contributed by atoms with Gasteiger partial charge in [-0.1, -0.05) is 17.3 Å². The third-order valence-electron chi connectivity index (χ3n) is 3.91. The zero-order valence-electron chi connectivity index (χ0n) is 15.1. The number of rotatable bonds is 7. The number of aryl methyl sites for hydroxylation is 1. The van der Waals surface area contributed by atoms with Gasteiger partial charge in [0.1, 0.15) is 0 Å². The maximum Gasteiger partial charge on any atom is 0.244 e. The van der Waals surface area contributed by atoms with Crippen molar-refractivity contribution < 1.29 is 14.1 Å². The maximum atomic E-state index is 12.3. The van der Waals surface area contributed by atoms with E-state index in [0.29, 0.717) is 23.8 Å². The number of nitrogens with one attached hydrogen (secondary N) is 1. The Morgan fingerprint density at radius 3 is 2.68 bits per heavy atom. The van der Waals surface area contributed by atoms with E-state index in [9.17, 15) is 9.59 Å². The fraction of sp³-hybridized carbons (Fsp3) is 0.211. The van der Waals surface area contributed by atoms with E-state index in [4.69, 9.17) is 4.52 Å². The number of benzene rings is 1. The number of halogens is 1. The molecule has 0 unspecified atom stereocenters. The van der Waals surface area contributed by atoms with Gasteiger partial charge in [-0.3, -0.25) is 14.6 Å². The van der Waals surface area contributed by atoms with Crippen molar-refractivity contribution in [2.75, 3.05) is 18.9 Å². The Bertz CT molecular complexity index is 961. The van der Waals surface area contributed by atoms with Gasteiger partial charge < -0.3 is 14.7 Å². The molecule has 0 fully saturated rings. The van der Waals surface area contributed by atoms with Crippen molar-refractivity contribution in [1.82, 2.24) is 20.0 Å². The summed E-state index contributed by atoms with van der Waals surface area (Å²) in [6, 6.07) is 10.8. The van der Waals surface area contributed by atoms with E-state index in [2.05, 4.69) is 36.4 Å². The highest BCUT2D eigenvalue weighted by atomic mass is 79.9. The minimum atomic E-state index is -0.277. The van der Waals surface area contributed by atoms with Crippen molar-refractivity contribution >= 4 is 33.4 Å². The van der Waals surface area contributed by atoms with Gasteiger partial charge in [-0.05, 0) is 40.2 Å². The van der Waals surface area contributed by atoms with Crippen molar-refractivity contribution in [2.45, 2.75) is 12.8 Å². The summed E-state index contributed by atoms with van der Waals surface area (Å²) in [6.45, 7) is -0.0493. The molecule has 9 heteroatoms. The summed E-state index contributed by atoms with van der Waals surface area (Å²) >= 11 is 3.37. The van der Waals surface area contributed by atoms with Gasteiger partial charge in [0.25, 0.3) is 0 Å². The van der Waals surface area contributed by atoms with Crippen LogP contribution in [0.2, 0.25) is 0 Å². The standard InChI is InChI=1S/C19H18BrN5O3/c1-25(12-16(26)22-15-5-3-2-4-14(15)20)18(27)7-6-17-23-19(24-28-17)13-8-10-21-11-9-13/h2-5,8-11H,6-7,12H2,1H3,(H,22,26). The zero-order chi connectivity index (χ0) is 19.9. The first kappa shape index (κ1) is 19.7. The van der Waals surface area contributed by atoms with E-state index in [0.717, 1.165) is 10.0 Å². The molecule has 0 saturated carbocycles.